The summed E-state index contributed by atoms with van der Waals surface area (Å²) in [5, 5.41) is 5.73. The molecule has 2 N–H and O–H groups in total. The predicted octanol–water partition coefficient (Wildman–Crippen LogP) is 3.33. The SMILES string of the molecule is C=CCC1(CCCC)C(=O)Nc2ccccc2NC1=O. The van der Waals surface area contributed by atoms with Crippen LogP contribution in [0.3, 0.4) is 0 Å². The zero-order chi connectivity index (χ0) is 14.6. The second kappa shape index (κ2) is 5.90. The molecule has 0 aliphatic carbocycles. The molecule has 0 saturated heterocycles. The summed E-state index contributed by atoms with van der Waals surface area (Å²) in [6, 6.07) is 7.24. The van der Waals surface area contributed by atoms with E-state index in [0.29, 0.717) is 24.2 Å². The van der Waals surface area contributed by atoms with Gasteiger partial charge in [0.25, 0.3) is 0 Å². The van der Waals surface area contributed by atoms with Crippen LogP contribution in [0.4, 0.5) is 11.4 Å². The highest BCUT2D eigenvalue weighted by atomic mass is 16.2. The topological polar surface area (TPSA) is 58.2 Å². The molecule has 0 atom stereocenters. The molecule has 1 aliphatic heterocycles. The first-order chi connectivity index (χ1) is 9.64. The lowest BCUT2D eigenvalue weighted by molar-refractivity contribution is -0.137. The van der Waals surface area contributed by atoms with Gasteiger partial charge in [-0.25, -0.2) is 0 Å². The summed E-state index contributed by atoms with van der Waals surface area (Å²) >= 11 is 0. The van der Waals surface area contributed by atoms with E-state index in [0.717, 1.165) is 12.8 Å². The van der Waals surface area contributed by atoms with E-state index in [9.17, 15) is 9.59 Å². The number of fused-ring (bicyclic) bond motifs is 1. The molecule has 106 valence electrons. The van der Waals surface area contributed by atoms with Gasteiger partial charge < -0.3 is 10.6 Å². The van der Waals surface area contributed by atoms with Crippen molar-refractivity contribution in [2.75, 3.05) is 10.6 Å². The van der Waals surface area contributed by atoms with Crippen LogP contribution in [0, 0.1) is 5.41 Å². The van der Waals surface area contributed by atoms with Crippen molar-refractivity contribution in [1.29, 1.82) is 0 Å². The van der Waals surface area contributed by atoms with Gasteiger partial charge in [0.05, 0.1) is 11.4 Å². The lowest BCUT2D eigenvalue weighted by Crippen LogP contribution is -2.44. The number of rotatable bonds is 5. The second-order valence-electron chi connectivity index (χ2n) is 5.13. The molecular weight excluding hydrogens is 252 g/mol. The Morgan fingerprint density at radius 1 is 1.15 bits per heavy atom. The lowest BCUT2D eigenvalue weighted by Gasteiger charge is -2.27. The second-order valence-corrected chi connectivity index (χ2v) is 5.13. The highest BCUT2D eigenvalue weighted by molar-refractivity contribution is 6.18. The number of para-hydroxylation sites is 2. The Balaban J connectivity index is 2.40. The van der Waals surface area contributed by atoms with Crippen molar-refractivity contribution < 1.29 is 9.59 Å². The molecule has 0 radical (unpaired) electrons. The zero-order valence-electron chi connectivity index (χ0n) is 11.7. The van der Waals surface area contributed by atoms with Crippen molar-refractivity contribution in [1.82, 2.24) is 0 Å². The van der Waals surface area contributed by atoms with Crippen LogP contribution in [-0.4, -0.2) is 11.8 Å². The maximum absolute atomic E-state index is 12.6. The minimum Gasteiger partial charge on any atom is -0.323 e. The first kappa shape index (κ1) is 14.3. The molecule has 2 rings (SSSR count). The first-order valence-electron chi connectivity index (χ1n) is 6.97. The van der Waals surface area contributed by atoms with Gasteiger partial charge >= 0.3 is 0 Å². The van der Waals surface area contributed by atoms with E-state index in [1.807, 2.05) is 19.1 Å². The van der Waals surface area contributed by atoms with Gasteiger partial charge in [0, 0.05) is 0 Å². The number of unbranched alkanes of at least 4 members (excludes halogenated alkanes) is 1. The number of hydrogen-bond donors (Lipinski definition) is 2. The van der Waals surface area contributed by atoms with Gasteiger partial charge in [0.1, 0.15) is 5.41 Å². The van der Waals surface area contributed by atoms with E-state index >= 15 is 0 Å². The molecule has 1 heterocycles. The van der Waals surface area contributed by atoms with Gasteiger partial charge in [0.2, 0.25) is 11.8 Å². The maximum atomic E-state index is 12.6. The number of hydrogen-bond acceptors (Lipinski definition) is 2. The predicted molar refractivity (Wildman–Crippen MR) is 80.5 cm³/mol. The molecule has 1 aliphatic rings. The summed E-state index contributed by atoms with van der Waals surface area (Å²) in [6.07, 6.45) is 4.28. The van der Waals surface area contributed by atoms with Crippen LogP contribution < -0.4 is 10.6 Å². The van der Waals surface area contributed by atoms with Crippen molar-refractivity contribution in [3.63, 3.8) is 0 Å². The number of allylic oxidation sites excluding steroid dienone is 1. The van der Waals surface area contributed by atoms with E-state index in [1.54, 1.807) is 18.2 Å². The molecule has 0 bridgehead atoms. The van der Waals surface area contributed by atoms with Crippen molar-refractivity contribution in [2.45, 2.75) is 32.6 Å². The minimum absolute atomic E-state index is 0.242. The van der Waals surface area contributed by atoms with Crippen LogP contribution in [0.2, 0.25) is 0 Å². The molecule has 0 fully saturated rings. The highest BCUT2D eigenvalue weighted by Crippen LogP contribution is 2.37. The van der Waals surface area contributed by atoms with E-state index in [1.165, 1.54) is 0 Å². The van der Waals surface area contributed by atoms with Gasteiger partial charge in [-0.05, 0) is 25.0 Å². The van der Waals surface area contributed by atoms with Crippen molar-refractivity contribution in [3.8, 4) is 0 Å². The highest BCUT2D eigenvalue weighted by Gasteiger charge is 2.46. The Labute approximate surface area is 119 Å². The molecule has 4 heteroatoms. The number of carbonyl (C=O) groups excluding carboxylic acids is 2. The fraction of sp³-hybridized carbons (Fsp3) is 0.375. The van der Waals surface area contributed by atoms with Crippen LogP contribution in [0.1, 0.15) is 32.6 Å². The number of benzene rings is 1. The van der Waals surface area contributed by atoms with Crippen LogP contribution in [-0.2, 0) is 9.59 Å². The molecule has 0 unspecified atom stereocenters. The normalized spacial score (nSPS) is 16.6. The summed E-state index contributed by atoms with van der Waals surface area (Å²) in [7, 11) is 0. The Morgan fingerprint density at radius 3 is 2.15 bits per heavy atom. The third kappa shape index (κ3) is 2.46. The van der Waals surface area contributed by atoms with E-state index < -0.39 is 5.41 Å². The lowest BCUT2D eigenvalue weighted by atomic mass is 9.78. The summed E-state index contributed by atoms with van der Waals surface area (Å²) in [6.45, 7) is 5.74. The molecule has 0 aromatic heterocycles. The first-order valence-corrected chi connectivity index (χ1v) is 6.97. The summed E-state index contributed by atoms with van der Waals surface area (Å²) in [5.74, 6) is -0.485. The average Bonchev–Trinajstić information content (AvgIpc) is 2.54. The number of amides is 2. The van der Waals surface area contributed by atoms with Crippen LogP contribution >= 0.6 is 0 Å². The fourth-order valence-corrected chi connectivity index (χ4v) is 2.53. The smallest absolute Gasteiger partial charge is 0.240 e. The molecule has 1 aromatic carbocycles. The number of nitrogens with one attached hydrogen (secondary N) is 2. The molecule has 20 heavy (non-hydrogen) atoms. The molecule has 1 aromatic rings. The van der Waals surface area contributed by atoms with Crippen LogP contribution in [0.15, 0.2) is 36.9 Å². The zero-order valence-corrected chi connectivity index (χ0v) is 11.7. The Morgan fingerprint density at radius 2 is 1.70 bits per heavy atom. The van der Waals surface area contributed by atoms with Gasteiger partial charge in [-0.15, -0.1) is 6.58 Å². The Bertz CT molecular complexity index is 500. The van der Waals surface area contributed by atoms with Crippen LogP contribution in [0.5, 0.6) is 0 Å². The molecule has 4 nitrogen and oxygen atoms in total. The summed E-state index contributed by atoms with van der Waals surface area (Å²) in [5.41, 5.74) is 0.234. The molecule has 0 spiro atoms. The Kier molecular flexibility index (Phi) is 4.23. The quantitative estimate of drug-likeness (QED) is 0.638. The Hall–Kier alpha value is -2.10. The van der Waals surface area contributed by atoms with Crippen molar-refractivity contribution >= 4 is 23.2 Å². The number of carbonyl (C=O) groups is 2. The number of anilines is 2. The monoisotopic (exact) mass is 272 g/mol. The third-order valence-electron chi connectivity index (χ3n) is 3.74. The van der Waals surface area contributed by atoms with Crippen LogP contribution in [0.25, 0.3) is 0 Å². The van der Waals surface area contributed by atoms with E-state index in [-0.39, 0.29) is 11.8 Å². The van der Waals surface area contributed by atoms with Gasteiger partial charge in [0.15, 0.2) is 0 Å². The fourth-order valence-electron chi connectivity index (χ4n) is 2.53. The van der Waals surface area contributed by atoms with Crippen molar-refractivity contribution in [3.05, 3.63) is 36.9 Å². The largest absolute Gasteiger partial charge is 0.323 e. The molecular formula is C16H20N2O2. The minimum atomic E-state index is -1.06. The van der Waals surface area contributed by atoms with Gasteiger partial charge in [-0.1, -0.05) is 38.0 Å². The molecule has 2 amide bonds. The van der Waals surface area contributed by atoms with Gasteiger partial charge in [-0.3, -0.25) is 9.59 Å². The summed E-state index contributed by atoms with van der Waals surface area (Å²) < 4.78 is 0. The van der Waals surface area contributed by atoms with Crippen molar-refractivity contribution in [2.24, 2.45) is 5.41 Å². The van der Waals surface area contributed by atoms with E-state index in [2.05, 4.69) is 17.2 Å². The average molecular weight is 272 g/mol. The molecule has 0 saturated carbocycles. The van der Waals surface area contributed by atoms with Gasteiger partial charge in [-0.2, -0.15) is 0 Å². The maximum Gasteiger partial charge on any atom is 0.240 e. The standard InChI is InChI=1S/C16H20N2O2/c1-3-5-11-16(10-4-2)14(19)17-12-8-6-7-9-13(12)18-15(16)20/h4,6-9H,2-3,5,10-11H2,1H3,(H,17,19)(H,18,20). The summed E-state index contributed by atoms with van der Waals surface area (Å²) in [4.78, 5) is 25.2. The third-order valence-corrected chi connectivity index (χ3v) is 3.74. The van der Waals surface area contributed by atoms with E-state index in [4.69, 9.17) is 0 Å².